The lowest BCUT2D eigenvalue weighted by molar-refractivity contribution is -0.130. The van der Waals surface area contributed by atoms with Crippen molar-refractivity contribution in [2.75, 3.05) is 13.1 Å². The highest BCUT2D eigenvalue weighted by Crippen LogP contribution is 2.32. The zero-order valence-corrected chi connectivity index (χ0v) is 15.5. The first-order chi connectivity index (χ1) is 13.1. The van der Waals surface area contributed by atoms with Crippen LogP contribution in [0.5, 0.6) is 0 Å². The van der Waals surface area contributed by atoms with Crippen molar-refractivity contribution >= 4 is 11.8 Å². The molecule has 0 atom stereocenters. The van der Waals surface area contributed by atoms with Crippen molar-refractivity contribution in [1.82, 2.24) is 29.9 Å². The summed E-state index contributed by atoms with van der Waals surface area (Å²) in [6.45, 7) is 4.08. The highest BCUT2D eigenvalue weighted by atomic mass is 16.5. The van der Waals surface area contributed by atoms with Gasteiger partial charge in [0.15, 0.2) is 5.82 Å². The molecule has 1 N–H and O–H groups in total. The van der Waals surface area contributed by atoms with Crippen molar-refractivity contribution in [2.45, 2.75) is 52.1 Å². The van der Waals surface area contributed by atoms with Gasteiger partial charge in [-0.25, -0.2) is 4.98 Å². The van der Waals surface area contributed by atoms with Crippen molar-refractivity contribution in [3.63, 3.8) is 0 Å². The van der Waals surface area contributed by atoms with Gasteiger partial charge in [0, 0.05) is 32.5 Å². The third-order valence-corrected chi connectivity index (χ3v) is 5.08. The first-order valence-electron chi connectivity index (χ1n) is 9.45. The van der Waals surface area contributed by atoms with Crippen LogP contribution in [0.4, 0.5) is 0 Å². The van der Waals surface area contributed by atoms with Crippen LogP contribution in [0.1, 0.15) is 42.5 Å². The summed E-state index contributed by atoms with van der Waals surface area (Å²) in [6, 6.07) is 0. The molecular formula is C18H24N6O3. The van der Waals surface area contributed by atoms with E-state index in [0.717, 1.165) is 11.5 Å². The van der Waals surface area contributed by atoms with Crippen molar-refractivity contribution in [1.29, 1.82) is 0 Å². The van der Waals surface area contributed by atoms with Crippen LogP contribution in [0, 0.1) is 12.8 Å². The molecule has 0 radical (unpaired) electrons. The van der Waals surface area contributed by atoms with Crippen molar-refractivity contribution < 1.29 is 14.1 Å². The summed E-state index contributed by atoms with van der Waals surface area (Å²) in [5, 5.41) is 6.71. The quantitative estimate of drug-likeness (QED) is 0.797. The molecule has 2 amide bonds. The number of hydrogen-bond donors (Lipinski definition) is 1. The van der Waals surface area contributed by atoms with Crippen LogP contribution >= 0.6 is 0 Å². The lowest BCUT2D eigenvalue weighted by atomic mass is 10.3. The van der Waals surface area contributed by atoms with E-state index in [1.807, 2.05) is 11.1 Å². The molecule has 9 nitrogen and oxygen atoms in total. The average molecular weight is 372 g/mol. The van der Waals surface area contributed by atoms with E-state index in [1.54, 1.807) is 6.92 Å². The predicted octanol–water partition coefficient (Wildman–Crippen LogP) is 0.618. The van der Waals surface area contributed by atoms with Gasteiger partial charge in [0.05, 0.1) is 18.4 Å². The van der Waals surface area contributed by atoms with Gasteiger partial charge in [-0.2, -0.15) is 4.98 Å². The highest BCUT2D eigenvalue weighted by molar-refractivity contribution is 5.78. The number of fused-ring (bicyclic) bond motifs is 1. The van der Waals surface area contributed by atoms with Crippen molar-refractivity contribution in [3.8, 4) is 0 Å². The van der Waals surface area contributed by atoms with Crippen LogP contribution < -0.4 is 5.32 Å². The second-order valence-electron chi connectivity index (χ2n) is 7.28. The Labute approximate surface area is 157 Å². The topological polar surface area (TPSA) is 106 Å². The fourth-order valence-corrected chi connectivity index (χ4v) is 3.38. The minimum atomic E-state index is -0.0244. The van der Waals surface area contributed by atoms with E-state index < -0.39 is 0 Å². The van der Waals surface area contributed by atoms with E-state index >= 15 is 0 Å². The van der Waals surface area contributed by atoms with Crippen LogP contribution in [-0.4, -0.2) is 49.5 Å². The number of aromatic nitrogens is 4. The molecule has 1 saturated carbocycles. The number of carbonyl (C=O) groups excluding carboxylic acids is 2. The van der Waals surface area contributed by atoms with Gasteiger partial charge in [0.1, 0.15) is 12.2 Å². The van der Waals surface area contributed by atoms with E-state index in [9.17, 15) is 9.59 Å². The van der Waals surface area contributed by atoms with Gasteiger partial charge in [-0.05, 0) is 25.7 Å². The Morgan fingerprint density at radius 2 is 2.15 bits per heavy atom. The molecule has 0 unspecified atom stereocenters. The number of imidazole rings is 1. The Balaban J connectivity index is 1.33. The van der Waals surface area contributed by atoms with Crippen LogP contribution in [-0.2, 0) is 35.5 Å². The normalized spacial score (nSPS) is 16.7. The van der Waals surface area contributed by atoms with Gasteiger partial charge >= 0.3 is 0 Å². The molecule has 0 bridgehead atoms. The average Bonchev–Trinajstić information content (AvgIpc) is 3.30. The molecular weight excluding hydrogens is 348 g/mol. The number of hydrogen-bond acceptors (Lipinski definition) is 6. The van der Waals surface area contributed by atoms with Crippen molar-refractivity contribution in [2.24, 2.45) is 5.92 Å². The zero-order chi connectivity index (χ0) is 18.8. The maximum absolute atomic E-state index is 12.5. The van der Waals surface area contributed by atoms with Crippen LogP contribution in [0.15, 0.2) is 10.7 Å². The summed E-state index contributed by atoms with van der Waals surface area (Å²) < 4.78 is 7.16. The summed E-state index contributed by atoms with van der Waals surface area (Å²) >= 11 is 0. The molecule has 1 fully saturated rings. The molecule has 2 aromatic rings. The molecule has 0 saturated heterocycles. The molecule has 4 rings (SSSR count). The Hall–Kier alpha value is -2.71. The number of nitrogens with zero attached hydrogens (tertiary/aromatic N) is 5. The summed E-state index contributed by atoms with van der Waals surface area (Å²) in [6.07, 6.45) is 5.59. The number of aryl methyl sites for hydroxylation is 1. The number of carbonyl (C=O) groups is 2. The van der Waals surface area contributed by atoms with Crippen LogP contribution in [0.25, 0.3) is 0 Å². The minimum absolute atomic E-state index is 0.0244. The molecule has 1 aliphatic heterocycles. The lowest BCUT2D eigenvalue weighted by Crippen LogP contribution is -2.35. The van der Waals surface area contributed by atoms with Gasteiger partial charge < -0.3 is 19.3 Å². The molecule has 2 aromatic heterocycles. The van der Waals surface area contributed by atoms with E-state index in [-0.39, 0.29) is 18.2 Å². The Morgan fingerprint density at radius 1 is 1.30 bits per heavy atom. The summed E-state index contributed by atoms with van der Waals surface area (Å²) in [5.74, 6) is 2.48. The Kier molecular flexibility index (Phi) is 4.91. The maximum Gasteiger partial charge on any atom is 0.236 e. The fourth-order valence-electron chi connectivity index (χ4n) is 3.38. The summed E-state index contributed by atoms with van der Waals surface area (Å²) in [4.78, 5) is 34.8. The second kappa shape index (κ2) is 7.50. The molecule has 144 valence electrons. The molecule has 2 aliphatic rings. The van der Waals surface area contributed by atoms with E-state index in [1.165, 1.54) is 12.8 Å². The fraction of sp³-hybridized carbons (Fsp3) is 0.611. The molecule has 1 aliphatic carbocycles. The zero-order valence-electron chi connectivity index (χ0n) is 15.5. The van der Waals surface area contributed by atoms with E-state index in [4.69, 9.17) is 4.52 Å². The molecule has 0 spiro atoms. The van der Waals surface area contributed by atoms with Gasteiger partial charge in [-0.3, -0.25) is 9.59 Å². The van der Waals surface area contributed by atoms with Gasteiger partial charge in [-0.15, -0.1) is 0 Å². The smallest absolute Gasteiger partial charge is 0.236 e. The minimum Gasteiger partial charge on any atom is -0.350 e. The summed E-state index contributed by atoms with van der Waals surface area (Å²) in [5.41, 5.74) is 0.982. The first kappa shape index (κ1) is 17.7. The SMILES string of the molecule is Cc1noc(CC(=O)N2CCc3ncc(CNC(=O)CC4CC4)n3CC2)n1. The molecule has 3 heterocycles. The largest absolute Gasteiger partial charge is 0.350 e. The second-order valence-corrected chi connectivity index (χ2v) is 7.28. The maximum atomic E-state index is 12.5. The van der Waals surface area contributed by atoms with Crippen LogP contribution in [0.2, 0.25) is 0 Å². The number of amides is 2. The Morgan fingerprint density at radius 3 is 2.89 bits per heavy atom. The van der Waals surface area contributed by atoms with Gasteiger partial charge in [0.2, 0.25) is 17.7 Å². The molecule has 0 aromatic carbocycles. The van der Waals surface area contributed by atoms with Gasteiger partial charge in [-0.1, -0.05) is 5.16 Å². The molecule has 9 heteroatoms. The lowest BCUT2D eigenvalue weighted by Gasteiger charge is -2.19. The standard InChI is InChI=1S/C18H24N6O3/c1-12-21-17(27-22-12)9-18(26)23-5-4-15-19-10-14(24(15)7-6-23)11-20-16(25)8-13-2-3-13/h10,13H,2-9,11H2,1H3,(H,20,25). The van der Waals surface area contributed by atoms with E-state index in [0.29, 0.717) is 56.7 Å². The summed E-state index contributed by atoms with van der Waals surface area (Å²) in [7, 11) is 0. The Bertz CT molecular complexity index is 838. The predicted molar refractivity (Wildman–Crippen MR) is 94.4 cm³/mol. The molecule has 27 heavy (non-hydrogen) atoms. The van der Waals surface area contributed by atoms with Crippen LogP contribution in [0.3, 0.4) is 0 Å². The van der Waals surface area contributed by atoms with Crippen molar-refractivity contribution in [3.05, 3.63) is 29.4 Å². The van der Waals surface area contributed by atoms with E-state index in [2.05, 4.69) is 25.0 Å². The monoisotopic (exact) mass is 372 g/mol. The third kappa shape index (κ3) is 4.35. The third-order valence-electron chi connectivity index (χ3n) is 5.08. The highest BCUT2D eigenvalue weighted by Gasteiger charge is 2.25. The van der Waals surface area contributed by atoms with Gasteiger partial charge in [0.25, 0.3) is 0 Å². The number of nitrogens with one attached hydrogen (secondary N) is 1. The number of rotatable bonds is 6. The first-order valence-corrected chi connectivity index (χ1v) is 9.45.